The van der Waals surface area contributed by atoms with Crippen molar-refractivity contribution >= 4 is 18.4 Å². The van der Waals surface area contributed by atoms with E-state index in [4.69, 9.17) is 0 Å². The predicted molar refractivity (Wildman–Crippen MR) is 70.0 cm³/mol. The molecular formula is C13H15ClF3NO2. The fourth-order valence-electron chi connectivity index (χ4n) is 2.49. The number of carbonyl (C=O) groups is 1. The molecule has 1 heterocycles. The molecule has 1 aliphatic heterocycles. The second-order valence-electron chi connectivity index (χ2n) is 4.75. The second kappa shape index (κ2) is 6.01. The van der Waals surface area contributed by atoms with E-state index in [1.165, 1.54) is 18.2 Å². The molecule has 1 atom stereocenters. The minimum absolute atomic E-state index is 0. The third-order valence-electron chi connectivity index (χ3n) is 3.47. The van der Waals surface area contributed by atoms with Crippen LogP contribution in [0.15, 0.2) is 24.3 Å². The van der Waals surface area contributed by atoms with Crippen molar-refractivity contribution in [2.24, 2.45) is 0 Å². The zero-order valence-electron chi connectivity index (χ0n) is 10.5. The van der Waals surface area contributed by atoms with Gasteiger partial charge in [-0.2, -0.15) is 13.2 Å². The van der Waals surface area contributed by atoms with E-state index in [0.717, 1.165) is 6.07 Å². The van der Waals surface area contributed by atoms with E-state index in [9.17, 15) is 23.1 Å². The van der Waals surface area contributed by atoms with Crippen LogP contribution in [-0.4, -0.2) is 23.2 Å². The van der Waals surface area contributed by atoms with Gasteiger partial charge in [-0.05, 0) is 31.0 Å². The van der Waals surface area contributed by atoms with Gasteiger partial charge in [0, 0.05) is 6.42 Å². The number of rotatable bonds is 3. The Bertz CT molecular complexity index is 485. The highest BCUT2D eigenvalue weighted by Crippen LogP contribution is 2.34. The molecule has 0 spiro atoms. The summed E-state index contributed by atoms with van der Waals surface area (Å²) in [6.45, 7) is 0.514. The summed E-state index contributed by atoms with van der Waals surface area (Å²) in [6.07, 6.45) is -3.62. The minimum Gasteiger partial charge on any atom is -0.480 e. The first-order valence-corrected chi connectivity index (χ1v) is 5.99. The van der Waals surface area contributed by atoms with Gasteiger partial charge < -0.3 is 10.4 Å². The molecule has 2 rings (SSSR count). The van der Waals surface area contributed by atoms with Crippen LogP contribution in [0.1, 0.15) is 24.0 Å². The fourth-order valence-corrected chi connectivity index (χ4v) is 2.49. The van der Waals surface area contributed by atoms with Crippen molar-refractivity contribution in [3.63, 3.8) is 0 Å². The van der Waals surface area contributed by atoms with Crippen molar-refractivity contribution in [3.8, 4) is 0 Å². The standard InChI is InChI=1S/C13H14F3NO2.ClH/c14-13(15,16)10-5-2-1-4-9(10)8-12(11(18)19)6-3-7-17-12;/h1-2,4-5,17H,3,6-8H2,(H,18,19);1H. The van der Waals surface area contributed by atoms with Crippen molar-refractivity contribution in [1.29, 1.82) is 0 Å². The van der Waals surface area contributed by atoms with Gasteiger partial charge in [0.25, 0.3) is 0 Å². The summed E-state index contributed by atoms with van der Waals surface area (Å²) in [6, 6.07) is 5.13. The normalized spacial score (nSPS) is 22.4. The molecule has 112 valence electrons. The van der Waals surface area contributed by atoms with Crippen LogP contribution in [0.2, 0.25) is 0 Å². The highest BCUT2D eigenvalue weighted by molar-refractivity contribution is 5.85. The molecule has 3 nitrogen and oxygen atoms in total. The molecule has 1 aromatic carbocycles. The highest BCUT2D eigenvalue weighted by atomic mass is 35.5. The maximum absolute atomic E-state index is 12.9. The van der Waals surface area contributed by atoms with Crippen molar-refractivity contribution in [1.82, 2.24) is 5.32 Å². The summed E-state index contributed by atoms with van der Waals surface area (Å²) in [4.78, 5) is 11.3. The fraction of sp³-hybridized carbons (Fsp3) is 0.462. The maximum Gasteiger partial charge on any atom is 0.416 e. The molecule has 0 aromatic heterocycles. The average Bonchev–Trinajstić information content (AvgIpc) is 2.78. The topological polar surface area (TPSA) is 49.3 Å². The first-order valence-electron chi connectivity index (χ1n) is 5.99. The number of aliphatic carboxylic acids is 1. The number of alkyl halides is 3. The molecule has 1 aliphatic rings. The largest absolute Gasteiger partial charge is 0.480 e. The highest BCUT2D eigenvalue weighted by Gasteiger charge is 2.43. The second-order valence-corrected chi connectivity index (χ2v) is 4.75. The van der Waals surface area contributed by atoms with E-state index < -0.39 is 23.2 Å². The molecule has 7 heteroatoms. The van der Waals surface area contributed by atoms with Crippen LogP contribution in [0.5, 0.6) is 0 Å². The zero-order valence-corrected chi connectivity index (χ0v) is 11.4. The first-order chi connectivity index (χ1) is 8.85. The molecule has 1 saturated heterocycles. The van der Waals surface area contributed by atoms with Crippen molar-refractivity contribution < 1.29 is 23.1 Å². The van der Waals surface area contributed by atoms with Gasteiger partial charge in [-0.15, -0.1) is 12.4 Å². The molecule has 0 amide bonds. The SMILES string of the molecule is Cl.O=C(O)C1(Cc2ccccc2C(F)(F)F)CCCN1. The van der Waals surface area contributed by atoms with E-state index in [-0.39, 0.29) is 24.4 Å². The number of carboxylic acids is 1. The third-order valence-corrected chi connectivity index (χ3v) is 3.47. The maximum atomic E-state index is 12.9. The molecule has 0 bridgehead atoms. The van der Waals surface area contributed by atoms with Gasteiger partial charge in [-0.3, -0.25) is 4.79 Å². The number of hydrogen-bond donors (Lipinski definition) is 2. The average molecular weight is 310 g/mol. The van der Waals surface area contributed by atoms with Gasteiger partial charge in [0.1, 0.15) is 5.54 Å². The van der Waals surface area contributed by atoms with Crippen LogP contribution in [0.3, 0.4) is 0 Å². The summed E-state index contributed by atoms with van der Waals surface area (Å²) in [7, 11) is 0. The molecular weight excluding hydrogens is 295 g/mol. The number of hydrogen-bond acceptors (Lipinski definition) is 2. The Labute approximate surface area is 120 Å². The minimum atomic E-state index is -4.46. The Kier molecular flexibility index (Phi) is 5.05. The van der Waals surface area contributed by atoms with Crippen LogP contribution in [0.4, 0.5) is 13.2 Å². The van der Waals surface area contributed by atoms with Crippen molar-refractivity contribution in [2.75, 3.05) is 6.54 Å². The van der Waals surface area contributed by atoms with Crippen LogP contribution < -0.4 is 5.32 Å². The molecule has 2 N–H and O–H groups in total. The summed E-state index contributed by atoms with van der Waals surface area (Å²) in [5, 5.41) is 12.1. The lowest BCUT2D eigenvalue weighted by Gasteiger charge is -2.26. The van der Waals surface area contributed by atoms with Gasteiger partial charge in [-0.25, -0.2) is 0 Å². The Hall–Kier alpha value is -1.27. The van der Waals surface area contributed by atoms with Gasteiger partial charge in [0.2, 0.25) is 0 Å². The molecule has 1 unspecified atom stereocenters. The molecule has 1 aromatic rings. The van der Waals surface area contributed by atoms with E-state index in [1.54, 1.807) is 0 Å². The number of benzene rings is 1. The van der Waals surface area contributed by atoms with Gasteiger partial charge in [0.05, 0.1) is 5.56 Å². The molecule has 0 saturated carbocycles. The van der Waals surface area contributed by atoms with Crippen molar-refractivity contribution in [2.45, 2.75) is 31.0 Å². The van der Waals surface area contributed by atoms with Gasteiger partial charge in [0.15, 0.2) is 0 Å². The molecule has 0 radical (unpaired) electrons. The van der Waals surface area contributed by atoms with Gasteiger partial charge >= 0.3 is 12.1 Å². The Morgan fingerprint density at radius 3 is 2.50 bits per heavy atom. The Morgan fingerprint density at radius 1 is 1.35 bits per heavy atom. The van der Waals surface area contributed by atoms with E-state index >= 15 is 0 Å². The third kappa shape index (κ3) is 3.24. The predicted octanol–water partition coefficient (Wildman–Crippen LogP) is 2.88. The number of nitrogens with one attached hydrogen (secondary N) is 1. The van der Waals surface area contributed by atoms with Crippen LogP contribution in [-0.2, 0) is 17.4 Å². The summed E-state index contributed by atoms with van der Waals surface area (Å²) in [5.74, 6) is -1.10. The molecule has 0 aliphatic carbocycles. The number of halogens is 4. The quantitative estimate of drug-likeness (QED) is 0.902. The summed E-state index contributed by atoms with van der Waals surface area (Å²) in [5.41, 5.74) is -2.02. The van der Waals surface area contributed by atoms with Crippen LogP contribution >= 0.6 is 12.4 Å². The molecule has 1 fully saturated rings. The van der Waals surface area contributed by atoms with Gasteiger partial charge in [-0.1, -0.05) is 18.2 Å². The summed E-state index contributed by atoms with van der Waals surface area (Å²) >= 11 is 0. The van der Waals surface area contributed by atoms with Crippen LogP contribution in [0.25, 0.3) is 0 Å². The lowest BCUT2D eigenvalue weighted by Crippen LogP contribution is -2.49. The Balaban J connectivity index is 0.00000200. The lowest BCUT2D eigenvalue weighted by molar-refractivity contribution is -0.145. The van der Waals surface area contributed by atoms with E-state index in [0.29, 0.717) is 19.4 Å². The van der Waals surface area contributed by atoms with Crippen molar-refractivity contribution in [3.05, 3.63) is 35.4 Å². The molecule has 20 heavy (non-hydrogen) atoms. The monoisotopic (exact) mass is 309 g/mol. The van der Waals surface area contributed by atoms with E-state index in [1.807, 2.05) is 0 Å². The number of carboxylic acid groups (broad SMARTS) is 1. The Morgan fingerprint density at radius 2 is 2.00 bits per heavy atom. The summed E-state index contributed by atoms with van der Waals surface area (Å²) < 4.78 is 38.6. The van der Waals surface area contributed by atoms with Crippen LogP contribution in [0, 0.1) is 0 Å². The first kappa shape index (κ1) is 16.8. The lowest BCUT2D eigenvalue weighted by atomic mass is 9.87. The zero-order chi connectivity index (χ0) is 14.1. The smallest absolute Gasteiger partial charge is 0.416 e. The van der Waals surface area contributed by atoms with E-state index in [2.05, 4.69) is 5.32 Å².